The number of piperazine rings is 1. The van der Waals surface area contributed by atoms with Gasteiger partial charge in [0.1, 0.15) is 0 Å². The number of likely N-dealkylation sites (N-methyl/N-ethyl adjacent to an activating group) is 1. The van der Waals surface area contributed by atoms with E-state index in [1.807, 2.05) is 14.0 Å². The zero-order valence-corrected chi connectivity index (χ0v) is 12.9. The number of hydrogen-bond donors (Lipinski definition) is 0. The van der Waals surface area contributed by atoms with Crippen LogP contribution >= 0.6 is 22.9 Å². The van der Waals surface area contributed by atoms with E-state index in [0.717, 1.165) is 24.4 Å². The summed E-state index contributed by atoms with van der Waals surface area (Å²) in [6.07, 6.45) is 0. The van der Waals surface area contributed by atoms with E-state index >= 15 is 0 Å². The molecule has 1 atom stereocenters. The molecule has 2 rings (SSSR count). The molecule has 1 saturated heterocycles. The fourth-order valence-corrected chi connectivity index (χ4v) is 5.64. The molecule has 0 aliphatic carbocycles. The zero-order valence-electron chi connectivity index (χ0n) is 10.6. The standard InChI is InChI=1S/C10H16ClN3O2S2/c1-7-6-13(3)4-5-14(7)18(15,16)9-8(2)12-10(11)17-9/h7H,4-6H2,1-3H3. The third kappa shape index (κ3) is 2.55. The molecule has 2 heterocycles. The third-order valence-electron chi connectivity index (χ3n) is 3.04. The number of hydrogen-bond acceptors (Lipinski definition) is 5. The number of sulfonamides is 1. The van der Waals surface area contributed by atoms with Crippen molar-refractivity contribution in [3.8, 4) is 0 Å². The molecule has 0 N–H and O–H groups in total. The van der Waals surface area contributed by atoms with E-state index in [-0.39, 0.29) is 14.7 Å². The maximum Gasteiger partial charge on any atom is 0.254 e. The van der Waals surface area contributed by atoms with Crippen LogP contribution in [0.3, 0.4) is 0 Å². The largest absolute Gasteiger partial charge is 0.303 e. The molecule has 8 heteroatoms. The monoisotopic (exact) mass is 309 g/mol. The van der Waals surface area contributed by atoms with Gasteiger partial charge in [-0.3, -0.25) is 0 Å². The second-order valence-corrected chi connectivity index (χ2v) is 8.23. The molecule has 1 aromatic heterocycles. The van der Waals surface area contributed by atoms with Crippen molar-refractivity contribution in [1.82, 2.24) is 14.2 Å². The lowest BCUT2D eigenvalue weighted by molar-refractivity contribution is 0.170. The molecular weight excluding hydrogens is 294 g/mol. The summed E-state index contributed by atoms with van der Waals surface area (Å²) >= 11 is 6.82. The number of thiazole rings is 1. The number of rotatable bonds is 2. The average molecular weight is 310 g/mol. The molecule has 1 aliphatic heterocycles. The highest BCUT2D eigenvalue weighted by Crippen LogP contribution is 2.30. The lowest BCUT2D eigenvalue weighted by atomic mass is 10.2. The van der Waals surface area contributed by atoms with Gasteiger partial charge >= 0.3 is 0 Å². The van der Waals surface area contributed by atoms with Gasteiger partial charge in [0.25, 0.3) is 10.0 Å². The van der Waals surface area contributed by atoms with Crippen LogP contribution in [0.5, 0.6) is 0 Å². The normalized spacial score (nSPS) is 23.4. The third-order valence-corrected chi connectivity index (χ3v) is 6.90. The van der Waals surface area contributed by atoms with Gasteiger partial charge in [-0.2, -0.15) is 4.31 Å². The average Bonchev–Trinajstić information content (AvgIpc) is 2.57. The fourth-order valence-electron chi connectivity index (χ4n) is 2.18. The van der Waals surface area contributed by atoms with Crippen molar-refractivity contribution in [2.75, 3.05) is 26.7 Å². The van der Waals surface area contributed by atoms with Gasteiger partial charge in [0, 0.05) is 25.7 Å². The summed E-state index contributed by atoms with van der Waals surface area (Å²) in [6, 6.07) is -0.0333. The van der Waals surface area contributed by atoms with Gasteiger partial charge in [-0.1, -0.05) is 22.9 Å². The van der Waals surface area contributed by atoms with Crippen molar-refractivity contribution in [2.24, 2.45) is 0 Å². The second-order valence-electron chi connectivity index (χ2n) is 4.57. The molecule has 0 amide bonds. The molecule has 1 aromatic rings. The van der Waals surface area contributed by atoms with Crippen molar-refractivity contribution in [2.45, 2.75) is 24.1 Å². The van der Waals surface area contributed by atoms with E-state index in [1.165, 1.54) is 0 Å². The molecular formula is C10H16ClN3O2S2. The van der Waals surface area contributed by atoms with E-state index < -0.39 is 10.0 Å². The van der Waals surface area contributed by atoms with Crippen LogP contribution < -0.4 is 0 Å². The first-order valence-corrected chi connectivity index (χ1v) is 8.29. The van der Waals surface area contributed by atoms with E-state index in [9.17, 15) is 8.42 Å². The van der Waals surface area contributed by atoms with Crippen molar-refractivity contribution in [3.63, 3.8) is 0 Å². The second kappa shape index (κ2) is 5.05. The molecule has 102 valence electrons. The van der Waals surface area contributed by atoms with Crippen LogP contribution in [0.2, 0.25) is 4.47 Å². The Bertz CT molecular complexity index is 543. The van der Waals surface area contributed by atoms with Gasteiger partial charge in [0.2, 0.25) is 0 Å². The van der Waals surface area contributed by atoms with Gasteiger partial charge in [0.05, 0.1) is 5.69 Å². The van der Waals surface area contributed by atoms with Gasteiger partial charge in [0.15, 0.2) is 8.68 Å². The number of aromatic nitrogens is 1. The number of nitrogens with zero attached hydrogens (tertiary/aromatic N) is 3. The maximum atomic E-state index is 12.6. The molecule has 1 fully saturated rings. The highest BCUT2D eigenvalue weighted by atomic mass is 35.5. The molecule has 1 unspecified atom stereocenters. The quantitative estimate of drug-likeness (QED) is 0.829. The first-order valence-electron chi connectivity index (χ1n) is 5.65. The number of halogens is 1. The van der Waals surface area contributed by atoms with Crippen LogP contribution in [0.4, 0.5) is 0 Å². The highest BCUT2D eigenvalue weighted by molar-refractivity contribution is 7.91. The highest BCUT2D eigenvalue weighted by Gasteiger charge is 2.35. The van der Waals surface area contributed by atoms with Crippen molar-refractivity contribution >= 4 is 33.0 Å². The van der Waals surface area contributed by atoms with Crippen molar-refractivity contribution < 1.29 is 8.42 Å². The Balaban J connectivity index is 2.34. The summed E-state index contributed by atoms with van der Waals surface area (Å²) in [7, 11) is -1.47. The topological polar surface area (TPSA) is 53.5 Å². The first kappa shape index (κ1) is 14.2. The lowest BCUT2D eigenvalue weighted by Gasteiger charge is -2.36. The molecule has 0 spiro atoms. The molecule has 18 heavy (non-hydrogen) atoms. The smallest absolute Gasteiger partial charge is 0.254 e. The molecule has 0 aromatic carbocycles. The summed E-state index contributed by atoms with van der Waals surface area (Å²) in [5.74, 6) is 0. The predicted octanol–water partition coefficient (Wildman–Crippen LogP) is 1.43. The maximum absolute atomic E-state index is 12.6. The first-order chi connectivity index (χ1) is 8.32. The summed E-state index contributed by atoms with van der Waals surface area (Å²) in [4.78, 5) is 6.11. The van der Waals surface area contributed by atoms with E-state index in [0.29, 0.717) is 12.2 Å². The zero-order chi connectivity index (χ0) is 13.5. The Labute approximate surface area is 116 Å². The van der Waals surface area contributed by atoms with Crippen LogP contribution in [0.25, 0.3) is 0 Å². The minimum atomic E-state index is -3.47. The van der Waals surface area contributed by atoms with Gasteiger partial charge in [-0.15, -0.1) is 0 Å². The Morgan fingerprint density at radius 3 is 2.61 bits per heavy atom. The van der Waals surface area contributed by atoms with Crippen LogP contribution in [-0.2, 0) is 10.0 Å². The molecule has 5 nitrogen and oxygen atoms in total. The SMILES string of the molecule is Cc1nc(Cl)sc1S(=O)(=O)N1CCN(C)CC1C. The van der Waals surface area contributed by atoms with Gasteiger partial charge < -0.3 is 4.90 Å². The Morgan fingerprint density at radius 2 is 2.11 bits per heavy atom. The Kier molecular flexibility index (Phi) is 3.99. The predicted molar refractivity (Wildman–Crippen MR) is 72.7 cm³/mol. The number of aryl methyl sites for hydroxylation is 1. The minimum Gasteiger partial charge on any atom is -0.303 e. The van der Waals surface area contributed by atoms with Crippen molar-refractivity contribution in [3.05, 3.63) is 10.2 Å². The summed E-state index contributed by atoms with van der Waals surface area (Å²) in [5.41, 5.74) is 0.483. The summed E-state index contributed by atoms with van der Waals surface area (Å²) in [5, 5.41) is 0. The van der Waals surface area contributed by atoms with Crippen LogP contribution in [0, 0.1) is 6.92 Å². The van der Waals surface area contributed by atoms with Crippen LogP contribution in [-0.4, -0.2) is 55.3 Å². The molecule has 1 aliphatic rings. The molecule has 0 saturated carbocycles. The Morgan fingerprint density at radius 1 is 1.44 bits per heavy atom. The van der Waals surface area contributed by atoms with Crippen LogP contribution in [0.15, 0.2) is 4.21 Å². The lowest BCUT2D eigenvalue weighted by Crippen LogP contribution is -2.52. The van der Waals surface area contributed by atoms with Crippen molar-refractivity contribution in [1.29, 1.82) is 0 Å². The fraction of sp³-hybridized carbons (Fsp3) is 0.700. The van der Waals surface area contributed by atoms with Gasteiger partial charge in [-0.05, 0) is 20.9 Å². The molecule has 0 radical (unpaired) electrons. The minimum absolute atomic E-state index is 0.0333. The summed E-state index contributed by atoms with van der Waals surface area (Å²) < 4.78 is 27.2. The van der Waals surface area contributed by atoms with Crippen LogP contribution in [0.1, 0.15) is 12.6 Å². The Hall–Kier alpha value is -0.210. The van der Waals surface area contributed by atoms with Gasteiger partial charge in [-0.25, -0.2) is 13.4 Å². The van der Waals surface area contributed by atoms with E-state index in [4.69, 9.17) is 11.6 Å². The molecule has 0 bridgehead atoms. The van der Waals surface area contributed by atoms with E-state index in [2.05, 4.69) is 9.88 Å². The summed E-state index contributed by atoms with van der Waals surface area (Å²) in [6.45, 7) is 5.59. The van der Waals surface area contributed by atoms with E-state index in [1.54, 1.807) is 11.2 Å².